The van der Waals surface area contributed by atoms with E-state index in [0.29, 0.717) is 6.54 Å². The van der Waals surface area contributed by atoms with E-state index in [-0.39, 0.29) is 4.75 Å². The summed E-state index contributed by atoms with van der Waals surface area (Å²) in [5.41, 5.74) is 5.63. The minimum Gasteiger partial charge on any atom is -0.329 e. The highest BCUT2D eigenvalue weighted by molar-refractivity contribution is 8.00. The zero-order chi connectivity index (χ0) is 10.1. The van der Waals surface area contributed by atoms with E-state index in [1.165, 1.54) is 0 Å². The maximum absolute atomic E-state index is 5.63. The Morgan fingerprint density at radius 3 is 2.46 bits per heavy atom. The summed E-state index contributed by atoms with van der Waals surface area (Å²) in [7, 11) is 1.96. The fourth-order valence-corrected chi connectivity index (χ4v) is 1.69. The molecule has 4 nitrogen and oxygen atoms in total. The van der Waals surface area contributed by atoms with Gasteiger partial charge in [-0.3, -0.25) is 0 Å². The minimum absolute atomic E-state index is 0.0211. The quantitative estimate of drug-likeness (QED) is 0.738. The summed E-state index contributed by atoms with van der Waals surface area (Å²) in [5, 5.41) is 8.98. The monoisotopic (exact) mass is 200 g/mol. The Bertz CT molecular complexity index is 292. The Balaban J connectivity index is 2.80. The summed E-state index contributed by atoms with van der Waals surface area (Å²) in [6, 6.07) is 0. The predicted molar refractivity (Wildman–Crippen MR) is 54.7 cm³/mol. The van der Waals surface area contributed by atoms with Gasteiger partial charge in [-0.15, -0.1) is 10.2 Å². The zero-order valence-corrected chi connectivity index (χ0v) is 9.35. The van der Waals surface area contributed by atoms with Crippen molar-refractivity contribution in [1.82, 2.24) is 14.8 Å². The van der Waals surface area contributed by atoms with Gasteiger partial charge in [0.25, 0.3) is 0 Å². The van der Waals surface area contributed by atoms with Crippen LogP contribution in [0.4, 0.5) is 0 Å². The molecule has 0 amide bonds. The van der Waals surface area contributed by atoms with Crippen molar-refractivity contribution in [2.24, 2.45) is 12.8 Å². The minimum atomic E-state index is 0.0211. The number of hydrogen-bond acceptors (Lipinski definition) is 4. The molecule has 0 spiro atoms. The summed E-state index contributed by atoms with van der Waals surface area (Å²) < 4.78 is 2.00. The number of nitrogens with zero attached hydrogens (tertiary/aromatic N) is 3. The lowest BCUT2D eigenvalue weighted by Gasteiger charge is -2.20. The fraction of sp³-hybridized carbons (Fsp3) is 0.750. The van der Waals surface area contributed by atoms with Crippen LogP contribution in [0.5, 0.6) is 0 Å². The summed E-state index contributed by atoms with van der Waals surface area (Å²) in [4.78, 5) is 0. The summed E-state index contributed by atoms with van der Waals surface area (Å²) in [5.74, 6) is 0.926. The Morgan fingerprint density at radius 2 is 2.08 bits per heavy atom. The molecule has 0 aromatic carbocycles. The molecule has 5 heteroatoms. The Hall–Kier alpha value is -0.550. The lowest BCUT2D eigenvalue weighted by molar-refractivity contribution is 0.701. The largest absolute Gasteiger partial charge is 0.329 e. The van der Waals surface area contributed by atoms with E-state index in [1.807, 2.05) is 18.5 Å². The van der Waals surface area contributed by atoms with Gasteiger partial charge in [-0.25, -0.2) is 0 Å². The van der Waals surface area contributed by atoms with Crippen molar-refractivity contribution in [1.29, 1.82) is 0 Å². The molecule has 0 saturated heterocycles. The first-order valence-electron chi connectivity index (χ1n) is 4.21. The molecule has 0 aliphatic heterocycles. The lowest BCUT2D eigenvalue weighted by Crippen LogP contribution is -2.27. The third-order valence-corrected chi connectivity index (χ3v) is 3.17. The van der Waals surface area contributed by atoms with E-state index >= 15 is 0 Å². The second-order valence-electron chi connectivity index (χ2n) is 3.65. The van der Waals surface area contributed by atoms with E-state index in [0.717, 1.165) is 11.0 Å². The second-order valence-corrected chi connectivity index (χ2v) is 5.33. The molecule has 0 bridgehead atoms. The second kappa shape index (κ2) is 3.67. The molecule has 1 aromatic rings. The highest BCUT2D eigenvalue weighted by atomic mass is 32.2. The molecular weight excluding hydrogens is 184 g/mol. The molecule has 0 saturated carbocycles. The highest BCUT2D eigenvalue weighted by Crippen LogP contribution is 2.29. The molecule has 13 heavy (non-hydrogen) atoms. The topological polar surface area (TPSA) is 56.7 Å². The van der Waals surface area contributed by atoms with Gasteiger partial charge in [-0.1, -0.05) is 11.8 Å². The van der Waals surface area contributed by atoms with Crippen molar-refractivity contribution in [3.63, 3.8) is 0 Å². The van der Waals surface area contributed by atoms with E-state index in [9.17, 15) is 0 Å². The first-order chi connectivity index (χ1) is 5.96. The maximum atomic E-state index is 5.63. The average molecular weight is 200 g/mol. The van der Waals surface area contributed by atoms with Crippen LogP contribution >= 0.6 is 11.8 Å². The Labute approximate surface area is 82.9 Å². The molecule has 2 N–H and O–H groups in total. The van der Waals surface area contributed by atoms with Crippen LogP contribution < -0.4 is 5.73 Å². The molecule has 1 aromatic heterocycles. The number of rotatable bonds is 3. The molecule has 1 heterocycles. The first-order valence-corrected chi connectivity index (χ1v) is 5.03. The molecule has 0 aliphatic carbocycles. The zero-order valence-electron chi connectivity index (χ0n) is 8.53. The lowest BCUT2D eigenvalue weighted by atomic mass is 10.2. The SMILES string of the molecule is Cc1nnc(SC(C)(C)CN)n1C. The van der Waals surface area contributed by atoms with Crippen LogP contribution in [0.3, 0.4) is 0 Å². The Morgan fingerprint density at radius 1 is 1.46 bits per heavy atom. The van der Waals surface area contributed by atoms with Crippen LogP contribution in [0.1, 0.15) is 19.7 Å². The van der Waals surface area contributed by atoms with Crippen molar-refractivity contribution in [2.75, 3.05) is 6.54 Å². The van der Waals surface area contributed by atoms with Gasteiger partial charge in [-0.05, 0) is 20.8 Å². The summed E-state index contributed by atoms with van der Waals surface area (Å²) in [6.45, 7) is 6.76. The van der Waals surface area contributed by atoms with Gasteiger partial charge in [0.2, 0.25) is 0 Å². The van der Waals surface area contributed by atoms with Gasteiger partial charge in [-0.2, -0.15) is 0 Å². The van der Waals surface area contributed by atoms with Gasteiger partial charge >= 0.3 is 0 Å². The van der Waals surface area contributed by atoms with E-state index in [4.69, 9.17) is 5.73 Å². The van der Waals surface area contributed by atoms with E-state index < -0.39 is 0 Å². The van der Waals surface area contributed by atoms with E-state index in [2.05, 4.69) is 24.0 Å². The fourth-order valence-electron chi connectivity index (χ4n) is 0.765. The van der Waals surface area contributed by atoms with Gasteiger partial charge in [0.1, 0.15) is 5.82 Å². The van der Waals surface area contributed by atoms with Crippen LogP contribution in [-0.4, -0.2) is 26.1 Å². The van der Waals surface area contributed by atoms with Gasteiger partial charge in [0.05, 0.1) is 0 Å². The number of nitrogens with two attached hydrogens (primary N) is 1. The molecule has 1 rings (SSSR count). The van der Waals surface area contributed by atoms with Crippen molar-refractivity contribution < 1.29 is 0 Å². The van der Waals surface area contributed by atoms with Crippen LogP contribution in [0.2, 0.25) is 0 Å². The standard InChI is InChI=1S/C8H16N4S/c1-6-10-11-7(12(6)4)13-8(2,3)5-9/h5,9H2,1-4H3. The van der Waals surface area contributed by atoms with Crippen LogP contribution in [0, 0.1) is 6.92 Å². The smallest absolute Gasteiger partial charge is 0.191 e. The van der Waals surface area contributed by atoms with Crippen LogP contribution in [-0.2, 0) is 7.05 Å². The molecule has 74 valence electrons. The summed E-state index contributed by atoms with van der Waals surface area (Å²) in [6.07, 6.45) is 0. The first kappa shape index (κ1) is 10.5. The molecule has 0 fully saturated rings. The molecule has 0 atom stereocenters. The molecule has 0 radical (unpaired) electrons. The van der Waals surface area contributed by atoms with Crippen molar-refractivity contribution in [3.8, 4) is 0 Å². The summed E-state index contributed by atoms with van der Waals surface area (Å²) >= 11 is 1.66. The van der Waals surface area contributed by atoms with Crippen molar-refractivity contribution in [3.05, 3.63) is 5.82 Å². The average Bonchev–Trinajstić information content (AvgIpc) is 2.36. The normalized spacial score (nSPS) is 12.1. The van der Waals surface area contributed by atoms with Crippen LogP contribution in [0.25, 0.3) is 0 Å². The Kier molecular flexibility index (Phi) is 2.98. The third-order valence-electron chi connectivity index (χ3n) is 1.91. The molecular formula is C8H16N4S. The van der Waals surface area contributed by atoms with Gasteiger partial charge in [0, 0.05) is 18.3 Å². The highest BCUT2D eigenvalue weighted by Gasteiger charge is 2.20. The number of aryl methyl sites for hydroxylation is 1. The van der Waals surface area contributed by atoms with Crippen LogP contribution in [0.15, 0.2) is 5.16 Å². The number of aromatic nitrogens is 3. The van der Waals surface area contributed by atoms with Crippen molar-refractivity contribution in [2.45, 2.75) is 30.7 Å². The molecule has 0 unspecified atom stereocenters. The van der Waals surface area contributed by atoms with Crippen molar-refractivity contribution >= 4 is 11.8 Å². The number of hydrogen-bond donors (Lipinski definition) is 1. The van der Waals surface area contributed by atoms with Gasteiger partial charge in [0.15, 0.2) is 5.16 Å². The maximum Gasteiger partial charge on any atom is 0.191 e. The number of thioether (sulfide) groups is 1. The van der Waals surface area contributed by atoms with Gasteiger partial charge < -0.3 is 10.3 Å². The predicted octanol–water partition coefficient (Wildman–Crippen LogP) is 0.953. The molecule has 0 aliphatic rings. The van der Waals surface area contributed by atoms with E-state index in [1.54, 1.807) is 11.8 Å². The third kappa shape index (κ3) is 2.45.